The van der Waals surface area contributed by atoms with Gasteiger partial charge in [-0.15, -0.1) is 0 Å². The molecule has 0 amide bonds. The highest BCUT2D eigenvalue weighted by Crippen LogP contribution is 2.23. The lowest BCUT2D eigenvalue weighted by molar-refractivity contribution is 0.195. The maximum atomic E-state index is 9.11. The monoisotopic (exact) mass is 248 g/mol. The molecule has 1 rings (SSSR count). The lowest BCUT2D eigenvalue weighted by Gasteiger charge is -2.04. The number of benzene rings is 1. The molecule has 1 atom stereocenters. The van der Waals surface area contributed by atoms with Crippen molar-refractivity contribution in [2.75, 3.05) is 0 Å². The first kappa shape index (κ1) is 10.0. The van der Waals surface area contributed by atoms with Gasteiger partial charge in [-0.05, 0) is 47.0 Å². The normalized spacial score (nSPS) is 13.0. The maximum Gasteiger partial charge on any atom is 0.0552 e. The molecule has 0 saturated heterocycles. The zero-order valence-electron chi connectivity index (χ0n) is 6.72. The van der Waals surface area contributed by atoms with Crippen molar-refractivity contribution < 1.29 is 5.11 Å². The van der Waals surface area contributed by atoms with E-state index < -0.39 is 0 Å². The van der Waals surface area contributed by atoms with Crippen LogP contribution in [0.4, 0.5) is 0 Å². The Labute approximate surface area is 85.5 Å². The number of hydrogen-bond acceptors (Lipinski definition) is 1. The summed E-state index contributed by atoms with van der Waals surface area (Å²) in [5, 5.41) is 9.80. The van der Waals surface area contributed by atoms with Gasteiger partial charge in [-0.1, -0.05) is 17.7 Å². The van der Waals surface area contributed by atoms with E-state index in [-0.39, 0.29) is 6.10 Å². The second kappa shape index (κ2) is 4.26. The molecule has 0 aromatic heterocycles. The Bertz CT molecular complexity index is 273. The molecular weight excluding hydrogens is 239 g/mol. The Morgan fingerprint density at radius 2 is 2.25 bits per heavy atom. The molecular formula is C9H10BrClO. The lowest BCUT2D eigenvalue weighted by Crippen LogP contribution is -2.03. The fourth-order valence-corrected chi connectivity index (χ4v) is 1.46. The third kappa shape index (κ3) is 2.77. The van der Waals surface area contributed by atoms with Gasteiger partial charge in [0, 0.05) is 4.47 Å². The van der Waals surface area contributed by atoms with Crippen molar-refractivity contribution in [2.24, 2.45) is 0 Å². The summed E-state index contributed by atoms with van der Waals surface area (Å²) in [7, 11) is 0. The molecule has 0 aliphatic heterocycles. The Morgan fingerprint density at radius 3 is 2.75 bits per heavy atom. The summed E-state index contributed by atoms with van der Waals surface area (Å²) < 4.78 is 0.888. The van der Waals surface area contributed by atoms with Gasteiger partial charge in [-0.2, -0.15) is 0 Å². The third-order valence-corrected chi connectivity index (χ3v) is 2.75. The molecule has 0 saturated carbocycles. The van der Waals surface area contributed by atoms with Crippen LogP contribution in [0, 0.1) is 0 Å². The van der Waals surface area contributed by atoms with Gasteiger partial charge >= 0.3 is 0 Å². The van der Waals surface area contributed by atoms with Gasteiger partial charge in [0.2, 0.25) is 0 Å². The lowest BCUT2D eigenvalue weighted by atomic mass is 10.1. The van der Waals surface area contributed by atoms with Crippen LogP contribution in [-0.4, -0.2) is 11.2 Å². The number of aliphatic hydroxyl groups is 1. The van der Waals surface area contributed by atoms with Crippen LogP contribution < -0.4 is 0 Å². The van der Waals surface area contributed by atoms with Crippen LogP contribution in [0.5, 0.6) is 0 Å². The van der Waals surface area contributed by atoms with E-state index in [0.29, 0.717) is 11.4 Å². The zero-order valence-corrected chi connectivity index (χ0v) is 9.06. The van der Waals surface area contributed by atoms with E-state index in [9.17, 15) is 0 Å². The first-order chi connectivity index (χ1) is 5.59. The molecule has 3 heteroatoms. The smallest absolute Gasteiger partial charge is 0.0552 e. The van der Waals surface area contributed by atoms with Crippen LogP contribution in [0.3, 0.4) is 0 Å². The highest BCUT2D eigenvalue weighted by atomic mass is 79.9. The van der Waals surface area contributed by atoms with E-state index in [1.54, 1.807) is 6.92 Å². The summed E-state index contributed by atoms with van der Waals surface area (Å²) in [6.07, 6.45) is 0.328. The molecule has 1 nitrogen and oxygen atoms in total. The van der Waals surface area contributed by atoms with E-state index in [4.69, 9.17) is 16.7 Å². The Kier molecular flexibility index (Phi) is 3.56. The van der Waals surface area contributed by atoms with Crippen molar-refractivity contribution >= 4 is 27.5 Å². The van der Waals surface area contributed by atoms with Gasteiger partial charge in [0.05, 0.1) is 11.1 Å². The predicted molar refractivity (Wildman–Crippen MR) is 54.5 cm³/mol. The van der Waals surface area contributed by atoms with Crippen molar-refractivity contribution in [3.8, 4) is 0 Å². The number of aliphatic hydroxyl groups excluding tert-OH is 1. The minimum atomic E-state index is -0.317. The van der Waals surface area contributed by atoms with E-state index in [1.807, 2.05) is 18.2 Å². The molecule has 12 heavy (non-hydrogen) atoms. The topological polar surface area (TPSA) is 20.2 Å². The number of hydrogen-bond donors (Lipinski definition) is 1. The Balaban J connectivity index is 2.82. The molecule has 0 aliphatic carbocycles. The second-order valence-electron chi connectivity index (χ2n) is 2.80. The fourth-order valence-electron chi connectivity index (χ4n) is 1.01. The van der Waals surface area contributed by atoms with E-state index in [2.05, 4.69) is 15.9 Å². The molecule has 0 spiro atoms. The first-order valence-corrected chi connectivity index (χ1v) is 4.88. The van der Waals surface area contributed by atoms with Gasteiger partial charge < -0.3 is 5.11 Å². The van der Waals surface area contributed by atoms with E-state index >= 15 is 0 Å². The van der Waals surface area contributed by atoms with Crippen molar-refractivity contribution in [3.63, 3.8) is 0 Å². The molecule has 0 unspecified atom stereocenters. The molecule has 1 N–H and O–H groups in total. The van der Waals surface area contributed by atoms with Crippen LogP contribution in [-0.2, 0) is 6.42 Å². The third-order valence-electron chi connectivity index (χ3n) is 1.52. The van der Waals surface area contributed by atoms with Crippen molar-refractivity contribution in [2.45, 2.75) is 19.4 Å². The standard InChI is InChI=1S/C9H10BrClO/c1-6(12)4-7-2-3-8(10)9(11)5-7/h2-3,5-6,12H,4H2,1H3/t6-/m0/s1. The summed E-state index contributed by atoms with van der Waals surface area (Å²) >= 11 is 9.17. The van der Waals surface area contributed by atoms with Crippen molar-refractivity contribution in [1.29, 1.82) is 0 Å². The van der Waals surface area contributed by atoms with Gasteiger partial charge in [-0.3, -0.25) is 0 Å². The quantitative estimate of drug-likeness (QED) is 0.854. The Hall–Kier alpha value is -0.0500. The average Bonchev–Trinajstić information content (AvgIpc) is 1.96. The molecule has 1 aromatic carbocycles. The fraction of sp³-hybridized carbons (Fsp3) is 0.333. The molecule has 0 radical (unpaired) electrons. The van der Waals surface area contributed by atoms with Crippen molar-refractivity contribution in [3.05, 3.63) is 33.3 Å². The van der Waals surface area contributed by atoms with E-state index in [0.717, 1.165) is 10.0 Å². The van der Waals surface area contributed by atoms with Gasteiger partial charge in [-0.25, -0.2) is 0 Å². The number of rotatable bonds is 2. The highest BCUT2D eigenvalue weighted by Gasteiger charge is 2.01. The molecule has 66 valence electrons. The molecule has 1 aromatic rings. The maximum absolute atomic E-state index is 9.11. The van der Waals surface area contributed by atoms with Gasteiger partial charge in [0.15, 0.2) is 0 Å². The summed E-state index contributed by atoms with van der Waals surface area (Å²) in [5.74, 6) is 0. The Morgan fingerprint density at radius 1 is 1.58 bits per heavy atom. The largest absolute Gasteiger partial charge is 0.393 e. The van der Waals surface area contributed by atoms with Crippen LogP contribution in [0.25, 0.3) is 0 Å². The number of halogens is 2. The summed E-state index contributed by atoms with van der Waals surface area (Å²) in [6, 6.07) is 5.70. The summed E-state index contributed by atoms with van der Waals surface area (Å²) in [6.45, 7) is 1.76. The van der Waals surface area contributed by atoms with Crippen LogP contribution >= 0.6 is 27.5 Å². The minimum absolute atomic E-state index is 0.317. The van der Waals surface area contributed by atoms with Crippen LogP contribution in [0.2, 0.25) is 5.02 Å². The van der Waals surface area contributed by atoms with Crippen LogP contribution in [0.1, 0.15) is 12.5 Å². The second-order valence-corrected chi connectivity index (χ2v) is 4.06. The summed E-state index contributed by atoms with van der Waals surface area (Å²) in [5.41, 5.74) is 1.05. The highest BCUT2D eigenvalue weighted by molar-refractivity contribution is 9.10. The summed E-state index contributed by atoms with van der Waals surface area (Å²) in [4.78, 5) is 0. The van der Waals surface area contributed by atoms with Crippen LogP contribution in [0.15, 0.2) is 22.7 Å². The average molecular weight is 250 g/mol. The van der Waals surface area contributed by atoms with Gasteiger partial charge in [0.25, 0.3) is 0 Å². The molecule has 0 bridgehead atoms. The molecule has 0 aliphatic rings. The molecule has 0 heterocycles. The minimum Gasteiger partial charge on any atom is -0.393 e. The zero-order chi connectivity index (χ0) is 9.14. The van der Waals surface area contributed by atoms with Gasteiger partial charge in [0.1, 0.15) is 0 Å². The predicted octanol–water partition coefficient (Wildman–Crippen LogP) is 3.03. The first-order valence-electron chi connectivity index (χ1n) is 3.71. The SMILES string of the molecule is C[C@H](O)Cc1ccc(Br)c(Cl)c1. The molecule has 0 fully saturated rings. The van der Waals surface area contributed by atoms with E-state index in [1.165, 1.54) is 0 Å². The van der Waals surface area contributed by atoms with Crippen molar-refractivity contribution in [1.82, 2.24) is 0 Å².